The number of nitrogens with zero attached hydrogens (tertiary/aromatic N) is 1. The summed E-state index contributed by atoms with van der Waals surface area (Å²) >= 11 is 0. The van der Waals surface area contributed by atoms with E-state index >= 15 is 4.39 Å². The molecule has 2 amide bonds. The van der Waals surface area contributed by atoms with Crippen molar-refractivity contribution in [1.29, 1.82) is 0 Å². The van der Waals surface area contributed by atoms with Crippen molar-refractivity contribution in [2.24, 2.45) is 11.7 Å². The number of carbonyl (C=O) groups excluding carboxylic acids is 2. The van der Waals surface area contributed by atoms with Crippen LogP contribution in [-0.4, -0.2) is 30.6 Å². The van der Waals surface area contributed by atoms with E-state index in [2.05, 4.69) is 10.6 Å². The normalized spacial score (nSPS) is 17.1. The Bertz CT molecular complexity index is 955. The standard InChI is InChI=1S/C23H27F3N4O2/c1-15(21(24)25)23(26,29-18-6-4-5-16(13-18)14-27)22(32)28-17-8-10-19(11-9-17)30-12-3-2-7-20(30)31/h4-6,8-11,13,15,21,29H,2-3,7,12,14,27H2,1H3,(H,28,32). The first-order chi connectivity index (χ1) is 15.2. The lowest BCUT2D eigenvalue weighted by Crippen LogP contribution is -2.53. The van der Waals surface area contributed by atoms with Crippen LogP contribution in [0.4, 0.5) is 30.2 Å². The van der Waals surface area contributed by atoms with E-state index in [9.17, 15) is 18.4 Å². The molecule has 1 saturated heterocycles. The summed E-state index contributed by atoms with van der Waals surface area (Å²) in [6.07, 6.45) is -0.850. The molecule has 2 aromatic carbocycles. The van der Waals surface area contributed by atoms with Crippen LogP contribution in [0.5, 0.6) is 0 Å². The first-order valence-electron chi connectivity index (χ1n) is 10.5. The lowest BCUT2D eigenvalue weighted by atomic mass is 9.97. The van der Waals surface area contributed by atoms with Crippen LogP contribution in [-0.2, 0) is 16.1 Å². The van der Waals surface area contributed by atoms with Gasteiger partial charge in [0.05, 0.1) is 5.92 Å². The molecule has 1 fully saturated rings. The monoisotopic (exact) mass is 448 g/mol. The van der Waals surface area contributed by atoms with E-state index in [0.717, 1.165) is 19.8 Å². The minimum absolute atomic E-state index is 0.0190. The molecule has 0 aliphatic carbocycles. The van der Waals surface area contributed by atoms with Gasteiger partial charge in [0.1, 0.15) is 0 Å². The molecule has 0 saturated carbocycles. The predicted octanol–water partition coefficient (Wildman–Crippen LogP) is 4.28. The maximum absolute atomic E-state index is 15.8. The van der Waals surface area contributed by atoms with Crippen LogP contribution in [0.15, 0.2) is 48.5 Å². The Morgan fingerprint density at radius 3 is 2.50 bits per heavy atom. The number of hydrogen-bond acceptors (Lipinski definition) is 4. The predicted molar refractivity (Wildman–Crippen MR) is 118 cm³/mol. The molecule has 32 heavy (non-hydrogen) atoms. The lowest BCUT2D eigenvalue weighted by Gasteiger charge is -2.32. The van der Waals surface area contributed by atoms with Crippen LogP contribution >= 0.6 is 0 Å². The number of benzene rings is 2. The van der Waals surface area contributed by atoms with Crippen molar-refractivity contribution in [2.45, 2.75) is 44.9 Å². The van der Waals surface area contributed by atoms with Crippen LogP contribution < -0.4 is 21.3 Å². The smallest absolute Gasteiger partial charge is 0.283 e. The number of amides is 2. The van der Waals surface area contributed by atoms with E-state index in [1.54, 1.807) is 29.2 Å². The second-order valence-corrected chi connectivity index (χ2v) is 7.87. The molecule has 1 aliphatic rings. The van der Waals surface area contributed by atoms with Gasteiger partial charge in [-0.1, -0.05) is 19.1 Å². The van der Waals surface area contributed by atoms with Gasteiger partial charge < -0.3 is 21.3 Å². The highest BCUT2D eigenvalue weighted by Crippen LogP contribution is 2.32. The molecule has 1 aliphatic heterocycles. The van der Waals surface area contributed by atoms with Gasteiger partial charge in [0.15, 0.2) is 0 Å². The number of nitrogens with two attached hydrogens (primary N) is 1. The zero-order valence-corrected chi connectivity index (χ0v) is 17.8. The minimum atomic E-state index is -3.08. The molecule has 2 unspecified atom stereocenters. The van der Waals surface area contributed by atoms with Crippen LogP contribution in [0.25, 0.3) is 0 Å². The molecule has 2 aromatic rings. The molecule has 2 atom stereocenters. The molecule has 3 rings (SSSR count). The number of hydrogen-bond donors (Lipinski definition) is 3. The molecule has 0 bridgehead atoms. The number of anilines is 3. The van der Waals surface area contributed by atoms with E-state index in [4.69, 9.17) is 5.73 Å². The quantitative estimate of drug-likeness (QED) is 0.526. The largest absolute Gasteiger partial charge is 0.345 e. The Hall–Kier alpha value is -3.07. The van der Waals surface area contributed by atoms with Crippen molar-refractivity contribution in [1.82, 2.24) is 0 Å². The third-order valence-corrected chi connectivity index (χ3v) is 5.59. The minimum Gasteiger partial charge on any atom is -0.345 e. The van der Waals surface area contributed by atoms with E-state index in [-0.39, 0.29) is 23.8 Å². The molecule has 9 heteroatoms. The third kappa shape index (κ3) is 5.21. The Labute approximate surface area is 185 Å². The van der Waals surface area contributed by atoms with Gasteiger partial charge in [0, 0.05) is 36.6 Å². The lowest BCUT2D eigenvalue weighted by molar-refractivity contribution is -0.132. The average molecular weight is 448 g/mol. The van der Waals surface area contributed by atoms with Crippen molar-refractivity contribution in [3.63, 3.8) is 0 Å². The highest BCUT2D eigenvalue weighted by Gasteiger charge is 2.48. The van der Waals surface area contributed by atoms with Gasteiger partial charge in [-0.05, 0) is 54.8 Å². The number of nitrogens with one attached hydrogen (secondary N) is 2. The molecule has 4 N–H and O–H groups in total. The fraction of sp³-hybridized carbons (Fsp3) is 0.391. The maximum Gasteiger partial charge on any atom is 0.283 e. The fourth-order valence-corrected chi connectivity index (χ4v) is 3.56. The van der Waals surface area contributed by atoms with E-state index < -0.39 is 24.0 Å². The van der Waals surface area contributed by atoms with Gasteiger partial charge in [-0.15, -0.1) is 0 Å². The van der Waals surface area contributed by atoms with Gasteiger partial charge in [0.2, 0.25) is 12.3 Å². The highest BCUT2D eigenvalue weighted by molar-refractivity contribution is 5.99. The topological polar surface area (TPSA) is 87.5 Å². The summed E-state index contributed by atoms with van der Waals surface area (Å²) in [7, 11) is 0. The summed E-state index contributed by atoms with van der Waals surface area (Å²) in [6, 6.07) is 12.6. The average Bonchev–Trinajstić information content (AvgIpc) is 2.79. The first kappa shape index (κ1) is 23.6. The maximum atomic E-state index is 15.8. The number of halogens is 3. The third-order valence-electron chi connectivity index (χ3n) is 5.59. The second kappa shape index (κ2) is 10.0. The van der Waals surface area contributed by atoms with Crippen molar-refractivity contribution in [2.75, 3.05) is 22.1 Å². The zero-order valence-electron chi connectivity index (χ0n) is 17.8. The number of rotatable bonds is 8. The van der Waals surface area contributed by atoms with Gasteiger partial charge in [-0.3, -0.25) is 9.59 Å². The van der Waals surface area contributed by atoms with Crippen molar-refractivity contribution in [3.8, 4) is 0 Å². The first-order valence-corrected chi connectivity index (χ1v) is 10.5. The highest BCUT2D eigenvalue weighted by atomic mass is 19.3. The summed E-state index contributed by atoms with van der Waals surface area (Å²) in [5.74, 6) is -6.24. The molecule has 0 spiro atoms. The van der Waals surface area contributed by atoms with Gasteiger partial charge in [-0.25, -0.2) is 13.2 Å². The molecular formula is C23H27F3N4O2. The van der Waals surface area contributed by atoms with Crippen molar-refractivity contribution >= 4 is 28.9 Å². The number of carbonyl (C=O) groups is 2. The van der Waals surface area contributed by atoms with E-state index in [0.29, 0.717) is 24.2 Å². The Morgan fingerprint density at radius 1 is 1.16 bits per heavy atom. The Morgan fingerprint density at radius 2 is 1.88 bits per heavy atom. The molecule has 6 nitrogen and oxygen atoms in total. The Kier molecular flexibility index (Phi) is 7.40. The van der Waals surface area contributed by atoms with Crippen LogP contribution in [0.2, 0.25) is 0 Å². The summed E-state index contributed by atoms with van der Waals surface area (Å²) in [4.78, 5) is 26.5. The summed E-state index contributed by atoms with van der Waals surface area (Å²) in [6.45, 7) is 1.75. The fourth-order valence-electron chi connectivity index (χ4n) is 3.56. The summed E-state index contributed by atoms with van der Waals surface area (Å²) < 4.78 is 42.7. The van der Waals surface area contributed by atoms with Crippen molar-refractivity contribution in [3.05, 3.63) is 54.1 Å². The molecule has 0 aromatic heterocycles. The zero-order chi connectivity index (χ0) is 23.3. The summed E-state index contributed by atoms with van der Waals surface area (Å²) in [5, 5.41) is 4.70. The molecular weight excluding hydrogens is 421 g/mol. The number of alkyl halides is 3. The molecule has 0 radical (unpaired) electrons. The molecule has 1 heterocycles. The second-order valence-electron chi connectivity index (χ2n) is 7.87. The number of piperidine rings is 1. The summed E-state index contributed by atoms with van der Waals surface area (Å²) in [5.41, 5.74) is 7.29. The Balaban J connectivity index is 1.79. The molecule has 172 valence electrons. The van der Waals surface area contributed by atoms with Gasteiger partial charge >= 0.3 is 0 Å². The van der Waals surface area contributed by atoms with Crippen LogP contribution in [0, 0.1) is 5.92 Å². The van der Waals surface area contributed by atoms with E-state index in [1.165, 1.54) is 24.3 Å². The van der Waals surface area contributed by atoms with Crippen molar-refractivity contribution < 1.29 is 22.8 Å². The van der Waals surface area contributed by atoms with Crippen LogP contribution in [0.1, 0.15) is 31.7 Å². The SMILES string of the molecule is CC(C(F)F)C(F)(Nc1cccc(CN)c1)C(=O)Nc1ccc(N2CCCCC2=O)cc1. The van der Waals surface area contributed by atoms with Crippen LogP contribution in [0.3, 0.4) is 0 Å². The van der Waals surface area contributed by atoms with E-state index in [1.807, 2.05) is 0 Å². The van der Waals surface area contributed by atoms with Gasteiger partial charge in [-0.2, -0.15) is 0 Å². The van der Waals surface area contributed by atoms with Gasteiger partial charge in [0.25, 0.3) is 11.7 Å².